The van der Waals surface area contributed by atoms with Crippen molar-refractivity contribution in [3.8, 4) is 0 Å². The van der Waals surface area contributed by atoms with Crippen molar-refractivity contribution >= 4 is 39.5 Å². The van der Waals surface area contributed by atoms with Crippen LogP contribution in [-0.2, 0) is 65.4 Å². The van der Waals surface area contributed by atoms with E-state index in [1.165, 1.54) is 6.92 Å². The topological polar surface area (TPSA) is 237 Å². The third kappa shape index (κ3) is 27.7. The van der Waals surface area contributed by atoms with Gasteiger partial charge in [-0.2, -0.15) is 0 Å². The summed E-state index contributed by atoms with van der Waals surface area (Å²) in [6.45, 7) is 3.43. The molecule has 0 aliphatic rings. The molecule has 0 heterocycles. The molecule has 0 aliphatic heterocycles. The molecule has 50 heavy (non-hydrogen) atoms. The van der Waals surface area contributed by atoms with Gasteiger partial charge in [-0.3, -0.25) is 37.3 Å². The fraction of sp³-hybridized carbons (Fsp3) is 0.871. The first-order chi connectivity index (χ1) is 23.7. The summed E-state index contributed by atoms with van der Waals surface area (Å²) in [5.41, 5.74) is 0. The quantitative estimate of drug-likeness (QED) is 0.0351. The Morgan fingerprint density at radius 2 is 0.880 bits per heavy atom. The van der Waals surface area contributed by atoms with Crippen molar-refractivity contribution in [2.45, 2.75) is 136 Å². The van der Waals surface area contributed by atoms with Crippen LogP contribution in [0.5, 0.6) is 0 Å². The number of ether oxygens (including phenoxy) is 4. The van der Waals surface area contributed by atoms with Gasteiger partial charge in [0.15, 0.2) is 12.2 Å². The first kappa shape index (κ1) is 48.1. The molecule has 0 aromatic rings. The monoisotopic (exact) mass is 764 g/mol. The fourth-order valence-corrected chi connectivity index (χ4v) is 5.39. The van der Waals surface area contributed by atoms with Crippen molar-refractivity contribution in [1.29, 1.82) is 0 Å². The molecule has 0 radical (unpaired) electrons. The molecule has 0 aromatic heterocycles. The molecule has 0 aromatic carbocycles. The summed E-state index contributed by atoms with van der Waals surface area (Å²) in [5, 5.41) is 10.1. The van der Waals surface area contributed by atoms with Crippen LogP contribution in [0.1, 0.15) is 118 Å². The van der Waals surface area contributed by atoms with Gasteiger partial charge in [0, 0.05) is 25.7 Å². The minimum Gasteiger partial charge on any atom is -0.462 e. The molecular weight excluding hydrogens is 706 g/mol. The molecule has 0 bridgehead atoms. The zero-order valence-corrected chi connectivity index (χ0v) is 31.6. The van der Waals surface area contributed by atoms with Crippen LogP contribution in [0.2, 0.25) is 0 Å². The zero-order valence-electron chi connectivity index (χ0n) is 29.8. The van der Waals surface area contributed by atoms with Gasteiger partial charge in [0.05, 0.1) is 26.4 Å². The molecular formula is C31H58O17P2. The van der Waals surface area contributed by atoms with E-state index in [0.29, 0.717) is 19.3 Å². The maximum absolute atomic E-state index is 12.5. The largest absolute Gasteiger partial charge is 0.472 e. The van der Waals surface area contributed by atoms with Crippen molar-refractivity contribution < 1.29 is 80.2 Å². The van der Waals surface area contributed by atoms with E-state index in [1.54, 1.807) is 0 Å². The number of esters is 4. The average molecular weight is 765 g/mol. The van der Waals surface area contributed by atoms with Crippen LogP contribution in [-0.4, -0.2) is 96.7 Å². The van der Waals surface area contributed by atoms with Gasteiger partial charge in [-0.05, 0) is 19.3 Å². The third-order valence-corrected chi connectivity index (χ3v) is 8.56. The number of hydrogen-bond donors (Lipinski definition) is 3. The lowest BCUT2D eigenvalue weighted by molar-refractivity contribution is -0.161. The zero-order chi connectivity index (χ0) is 37.8. The predicted octanol–water partition coefficient (Wildman–Crippen LogP) is 5.07. The van der Waals surface area contributed by atoms with E-state index in [-0.39, 0.29) is 25.7 Å². The molecule has 17 nitrogen and oxygen atoms in total. The summed E-state index contributed by atoms with van der Waals surface area (Å²) in [5.74, 6) is -2.35. The maximum Gasteiger partial charge on any atom is 0.472 e. The third-order valence-electron chi connectivity index (χ3n) is 6.66. The smallest absolute Gasteiger partial charge is 0.462 e. The van der Waals surface area contributed by atoms with Crippen molar-refractivity contribution in [2.75, 3.05) is 39.6 Å². The summed E-state index contributed by atoms with van der Waals surface area (Å²) in [6.07, 6.45) is 4.34. The number of phosphoric ester groups is 2. The number of phosphoric acid groups is 2. The van der Waals surface area contributed by atoms with E-state index < -0.39 is 97.5 Å². The van der Waals surface area contributed by atoms with Crippen LogP contribution in [0.4, 0.5) is 0 Å². The highest BCUT2D eigenvalue weighted by molar-refractivity contribution is 7.47. The number of aliphatic hydroxyl groups is 1. The number of rotatable bonds is 32. The number of carbonyl (C=O) groups excluding carboxylic acids is 4. The molecule has 0 saturated heterocycles. The minimum atomic E-state index is -4.88. The Labute approximate surface area is 295 Å². The van der Waals surface area contributed by atoms with E-state index >= 15 is 0 Å². The highest BCUT2D eigenvalue weighted by Gasteiger charge is 2.30. The maximum atomic E-state index is 12.5. The van der Waals surface area contributed by atoms with E-state index in [0.717, 1.165) is 44.9 Å². The first-order valence-electron chi connectivity index (χ1n) is 17.3. The standard InChI is InChI=1S/C31H58O17P2/c1-5-9-12-13-15-18-31(36)48-27(22-42-30(35)17-14-10-6-2)24-46-50(39,40)44-20-25(32)19-43-49(37,38)45-23-26(47-28(33)8-4)21-41-29(34)16-11-7-3/h25-27,32H,5-24H2,1-4H3,(H,37,38)(H,39,40)/t25-,26+,27+/m0/s1. The van der Waals surface area contributed by atoms with Gasteiger partial charge >= 0.3 is 39.5 Å². The molecule has 3 N–H and O–H groups in total. The molecule has 0 spiro atoms. The molecule has 19 heteroatoms. The van der Waals surface area contributed by atoms with Crippen LogP contribution >= 0.6 is 15.6 Å². The van der Waals surface area contributed by atoms with Crippen LogP contribution in [0, 0.1) is 0 Å². The Balaban J connectivity index is 4.93. The highest BCUT2D eigenvalue weighted by atomic mass is 31.2. The van der Waals surface area contributed by atoms with Gasteiger partial charge in [-0.1, -0.05) is 72.6 Å². The van der Waals surface area contributed by atoms with Gasteiger partial charge in [0.1, 0.15) is 19.3 Å². The normalized spacial score (nSPS) is 15.6. The Hall–Kier alpha value is -1.94. The molecule has 0 amide bonds. The summed E-state index contributed by atoms with van der Waals surface area (Å²) in [6, 6.07) is 0. The molecule has 0 fully saturated rings. The number of hydrogen-bond acceptors (Lipinski definition) is 15. The molecule has 0 aliphatic carbocycles. The summed E-state index contributed by atoms with van der Waals surface area (Å²) in [7, 11) is -9.74. The van der Waals surface area contributed by atoms with Crippen LogP contribution in [0.25, 0.3) is 0 Å². The Morgan fingerprint density at radius 1 is 0.500 bits per heavy atom. The lowest BCUT2D eigenvalue weighted by atomic mass is 10.1. The van der Waals surface area contributed by atoms with E-state index in [1.807, 2.05) is 13.8 Å². The molecule has 0 rings (SSSR count). The predicted molar refractivity (Wildman–Crippen MR) is 178 cm³/mol. The van der Waals surface area contributed by atoms with E-state index in [9.17, 15) is 43.2 Å². The Bertz CT molecular complexity index is 1060. The first-order valence-corrected chi connectivity index (χ1v) is 20.3. The van der Waals surface area contributed by atoms with Gasteiger partial charge in [0.2, 0.25) is 0 Å². The number of carbonyl (C=O) groups is 4. The van der Waals surface area contributed by atoms with Crippen LogP contribution in [0.15, 0.2) is 0 Å². The molecule has 294 valence electrons. The van der Waals surface area contributed by atoms with Crippen molar-refractivity contribution in [1.82, 2.24) is 0 Å². The summed E-state index contributed by atoms with van der Waals surface area (Å²) in [4.78, 5) is 68.0. The lowest BCUT2D eigenvalue weighted by Crippen LogP contribution is -2.30. The van der Waals surface area contributed by atoms with Crippen molar-refractivity contribution in [3.63, 3.8) is 0 Å². The van der Waals surface area contributed by atoms with Gasteiger partial charge in [-0.15, -0.1) is 0 Å². The van der Waals surface area contributed by atoms with Gasteiger partial charge in [-0.25, -0.2) is 9.13 Å². The lowest BCUT2D eigenvalue weighted by Gasteiger charge is -2.21. The minimum absolute atomic E-state index is 0.0181. The van der Waals surface area contributed by atoms with Crippen LogP contribution < -0.4 is 0 Å². The number of unbranched alkanes of at least 4 members (excludes halogenated alkanes) is 7. The number of aliphatic hydroxyl groups excluding tert-OH is 1. The van der Waals surface area contributed by atoms with Crippen LogP contribution in [0.3, 0.4) is 0 Å². The Morgan fingerprint density at radius 3 is 1.36 bits per heavy atom. The summed E-state index contributed by atoms with van der Waals surface area (Å²) < 4.78 is 64.5. The van der Waals surface area contributed by atoms with Gasteiger partial charge < -0.3 is 33.8 Å². The van der Waals surface area contributed by atoms with Crippen molar-refractivity contribution in [2.24, 2.45) is 0 Å². The molecule has 2 unspecified atom stereocenters. The van der Waals surface area contributed by atoms with E-state index in [2.05, 4.69) is 6.92 Å². The molecule has 0 saturated carbocycles. The van der Waals surface area contributed by atoms with E-state index in [4.69, 9.17) is 37.0 Å². The molecule has 5 atom stereocenters. The van der Waals surface area contributed by atoms with Gasteiger partial charge in [0.25, 0.3) is 0 Å². The Kier molecular flexibility index (Phi) is 27.5. The summed E-state index contributed by atoms with van der Waals surface area (Å²) >= 11 is 0. The fourth-order valence-electron chi connectivity index (χ4n) is 3.81. The SMILES string of the molecule is CCCCCCCC(=O)O[C@H](COC(=O)CCCCC)COP(=O)(O)OC[C@@H](O)COP(=O)(O)OC[C@@H](COC(=O)CCCC)OC(=O)CC. The average Bonchev–Trinajstić information content (AvgIpc) is 3.07. The van der Waals surface area contributed by atoms with Crippen molar-refractivity contribution in [3.05, 3.63) is 0 Å². The second kappa shape index (κ2) is 28.6. The second-order valence-electron chi connectivity index (χ2n) is 11.4. The highest BCUT2D eigenvalue weighted by Crippen LogP contribution is 2.45. The second-order valence-corrected chi connectivity index (χ2v) is 14.3.